The molecule has 0 heterocycles. The van der Waals surface area contributed by atoms with E-state index in [1.807, 2.05) is 42.5 Å². The van der Waals surface area contributed by atoms with Crippen molar-refractivity contribution in [3.05, 3.63) is 94.0 Å². The minimum absolute atomic E-state index is 0.228. The van der Waals surface area contributed by atoms with E-state index in [1.165, 1.54) is 12.1 Å². The van der Waals surface area contributed by atoms with Gasteiger partial charge in [0.25, 0.3) is 0 Å². The summed E-state index contributed by atoms with van der Waals surface area (Å²) >= 11 is 11.8. The lowest BCUT2D eigenvalue weighted by molar-refractivity contribution is 0.0475. The maximum absolute atomic E-state index is 12.2. The average Bonchev–Trinajstić information content (AvgIpc) is 2.68. The second-order valence-electron chi connectivity index (χ2n) is 5.57. The first-order chi connectivity index (χ1) is 12.5. The second kappa shape index (κ2) is 8.17. The molecular formula is C21H14Cl2O3. The van der Waals surface area contributed by atoms with Crippen LogP contribution in [0.1, 0.15) is 20.7 Å². The minimum atomic E-state index is -0.573. The van der Waals surface area contributed by atoms with Crippen LogP contribution >= 0.6 is 23.2 Å². The van der Waals surface area contributed by atoms with E-state index in [4.69, 9.17) is 27.9 Å². The highest BCUT2D eigenvalue weighted by molar-refractivity contribution is 6.36. The molecule has 0 aliphatic carbocycles. The summed E-state index contributed by atoms with van der Waals surface area (Å²) in [7, 11) is 0. The fraction of sp³-hybridized carbons (Fsp3) is 0.0476. The zero-order chi connectivity index (χ0) is 18.5. The van der Waals surface area contributed by atoms with Crippen LogP contribution in [-0.2, 0) is 4.74 Å². The molecular weight excluding hydrogens is 371 g/mol. The number of hydrogen-bond donors (Lipinski definition) is 0. The SMILES string of the molecule is O=C(OCC(=O)c1cc(Cl)ccc1Cl)c1ccc(-c2ccccc2)cc1. The van der Waals surface area contributed by atoms with E-state index in [1.54, 1.807) is 18.2 Å². The Kier molecular flexibility index (Phi) is 5.71. The van der Waals surface area contributed by atoms with Gasteiger partial charge in [0.1, 0.15) is 0 Å². The summed E-state index contributed by atoms with van der Waals surface area (Å²) in [4.78, 5) is 24.3. The maximum Gasteiger partial charge on any atom is 0.338 e. The van der Waals surface area contributed by atoms with Crippen LogP contribution in [0.3, 0.4) is 0 Å². The topological polar surface area (TPSA) is 43.4 Å². The highest BCUT2D eigenvalue weighted by Gasteiger charge is 2.15. The summed E-state index contributed by atoms with van der Waals surface area (Å²) in [5.41, 5.74) is 2.64. The summed E-state index contributed by atoms with van der Waals surface area (Å²) in [6, 6.07) is 21.4. The highest BCUT2D eigenvalue weighted by atomic mass is 35.5. The van der Waals surface area contributed by atoms with Crippen molar-refractivity contribution in [3.63, 3.8) is 0 Å². The molecule has 0 spiro atoms. The van der Waals surface area contributed by atoms with E-state index in [2.05, 4.69) is 0 Å². The van der Waals surface area contributed by atoms with Crippen molar-refractivity contribution in [1.82, 2.24) is 0 Å². The lowest BCUT2D eigenvalue weighted by Crippen LogP contribution is -2.14. The molecule has 0 radical (unpaired) electrons. The van der Waals surface area contributed by atoms with Crippen LogP contribution in [0, 0.1) is 0 Å². The summed E-state index contributed by atoms with van der Waals surface area (Å²) in [6.07, 6.45) is 0. The smallest absolute Gasteiger partial charge is 0.338 e. The molecule has 3 aromatic rings. The first kappa shape index (κ1) is 18.2. The van der Waals surface area contributed by atoms with E-state index in [9.17, 15) is 9.59 Å². The third kappa shape index (κ3) is 4.31. The van der Waals surface area contributed by atoms with Gasteiger partial charge in [0.05, 0.1) is 10.6 Å². The zero-order valence-electron chi connectivity index (χ0n) is 13.6. The highest BCUT2D eigenvalue weighted by Crippen LogP contribution is 2.22. The molecule has 130 valence electrons. The van der Waals surface area contributed by atoms with Crippen molar-refractivity contribution in [2.45, 2.75) is 0 Å². The average molecular weight is 385 g/mol. The van der Waals surface area contributed by atoms with Crippen molar-refractivity contribution in [3.8, 4) is 11.1 Å². The number of Topliss-reactive ketones (excluding diaryl/α,β-unsaturated/α-hetero) is 1. The Morgan fingerprint density at radius 3 is 2.15 bits per heavy atom. The van der Waals surface area contributed by atoms with Gasteiger partial charge in [0.2, 0.25) is 5.78 Å². The number of benzene rings is 3. The van der Waals surface area contributed by atoms with Gasteiger partial charge in [-0.2, -0.15) is 0 Å². The first-order valence-electron chi connectivity index (χ1n) is 7.85. The van der Waals surface area contributed by atoms with Crippen LogP contribution < -0.4 is 0 Å². The van der Waals surface area contributed by atoms with Crippen LogP contribution in [0.25, 0.3) is 11.1 Å². The summed E-state index contributed by atoms with van der Waals surface area (Å²) in [6.45, 7) is -0.403. The number of ketones is 1. The lowest BCUT2D eigenvalue weighted by atomic mass is 10.0. The largest absolute Gasteiger partial charge is 0.454 e. The molecule has 26 heavy (non-hydrogen) atoms. The lowest BCUT2D eigenvalue weighted by Gasteiger charge is -2.07. The van der Waals surface area contributed by atoms with Crippen molar-refractivity contribution >= 4 is 35.0 Å². The third-order valence-electron chi connectivity index (χ3n) is 3.79. The fourth-order valence-corrected chi connectivity index (χ4v) is 2.83. The molecule has 0 saturated heterocycles. The molecule has 3 aromatic carbocycles. The molecule has 0 unspecified atom stereocenters. The Balaban J connectivity index is 1.65. The summed E-state index contributed by atoms with van der Waals surface area (Å²) in [5.74, 6) is -0.983. The van der Waals surface area contributed by atoms with Crippen LogP contribution in [0.4, 0.5) is 0 Å². The zero-order valence-corrected chi connectivity index (χ0v) is 15.1. The van der Waals surface area contributed by atoms with Crippen LogP contribution in [0.5, 0.6) is 0 Å². The van der Waals surface area contributed by atoms with Gasteiger partial charge in [-0.3, -0.25) is 4.79 Å². The Morgan fingerprint density at radius 2 is 1.46 bits per heavy atom. The third-order valence-corrected chi connectivity index (χ3v) is 4.36. The molecule has 3 nitrogen and oxygen atoms in total. The van der Waals surface area contributed by atoms with Crippen molar-refractivity contribution in [2.75, 3.05) is 6.61 Å². The molecule has 0 bridgehead atoms. The Labute approximate surface area is 161 Å². The van der Waals surface area contributed by atoms with Crippen LogP contribution in [0.15, 0.2) is 72.8 Å². The first-order valence-corrected chi connectivity index (χ1v) is 8.61. The minimum Gasteiger partial charge on any atom is -0.454 e. The molecule has 0 amide bonds. The Morgan fingerprint density at radius 1 is 0.808 bits per heavy atom. The quantitative estimate of drug-likeness (QED) is 0.418. The molecule has 0 saturated carbocycles. The maximum atomic E-state index is 12.2. The number of halogens is 2. The Hall–Kier alpha value is -2.62. The van der Waals surface area contributed by atoms with Gasteiger partial charge in [0, 0.05) is 10.6 Å². The van der Waals surface area contributed by atoms with Gasteiger partial charge in [-0.1, -0.05) is 65.7 Å². The number of carbonyl (C=O) groups excluding carboxylic acids is 2. The van der Waals surface area contributed by atoms with Crippen LogP contribution in [-0.4, -0.2) is 18.4 Å². The number of hydrogen-bond acceptors (Lipinski definition) is 3. The molecule has 5 heteroatoms. The molecule has 0 aliphatic rings. The summed E-state index contributed by atoms with van der Waals surface area (Å²) < 4.78 is 5.09. The van der Waals surface area contributed by atoms with E-state index >= 15 is 0 Å². The van der Waals surface area contributed by atoms with E-state index in [-0.39, 0.29) is 10.6 Å². The molecule has 0 aromatic heterocycles. The second-order valence-corrected chi connectivity index (χ2v) is 6.41. The van der Waals surface area contributed by atoms with E-state index in [0.29, 0.717) is 10.6 Å². The van der Waals surface area contributed by atoms with Gasteiger partial charge >= 0.3 is 5.97 Å². The van der Waals surface area contributed by atoms with E-state index in [0.717, 1.165) is 11.1 Å². The number of rotatable bonds is 5. The molecule has 0 atom stereocenters. The molecule has 0 N–H and O–H groups in total. The van der Waals surface area contributed by atoms with Gasteiger partial charge in [-0.05, 0) is 41.5 Å². The van der Waals surface area contributed by atoms with Crippen molar-refractivity contribution in [2.24, 2.45) is 0 Å². The predicted octanol–water partition coefficient (Wildman–Crippen LogP) is 5.70. The molecule has 0 aliphatic heterocycles. The van der Waals surface area contributed by atoms with Crippen molar-refractivity contribution in [1.29, 1.82) is 0 Å². The number of carbonyl (C=O) groups is 2. The van der Waals surface area contributed by atoms with Gasteiger partial charge < -0.3 is 4.74 Å². The van der Waals surface area contributed by atoms with E-state index < -0.39 is 18.4 Å². The predicted molar refractivity (Wildman–Crippen MR) is 103 cm³/mol. The number of ether oxygens (including phenoxy) is 1. The normalized spacial score (nSPS) is 10.4. The molecule has 3 rings (SSSR count). The van der Waals surface area contributed by atoms with Crippen LogP contribution in [0.2, 0.25) is 10.0 Å². The van der Waals surface area contributed by atoms with Crippen molar-refractivity contribution < 1.29 is 14.3 Å². The Bertz CT molecular complexity index is 935. The van der Waals surface area contributed by atoms with Gasteiger partial charge in [0.15, 0.2) is 6.61 Å². The standard InChI is InChI=1S/C21H14Cl2O3/c22-17-10-11-19(23)18(12-17)20(24)13-26-21(25)16-8-6-15(7-9-16)14-4-2-1-3-5-14/h1-12H,13H2. The summed E-state index contributed by atoms with van der Waals surface area (Å²) in [5, 5.41) is 0.656. The van der Waals surface area contributed by atoms with Gasteiger partial charge in [-0.15, -0.1) is 0 Å². The van der Waals surface area contributed by atoms with Gasteiger partial charge in [-0.25, -0.2) is 4.79 Å². The number of esters is 1. The molecule has 0 fully saturated rings. The monoisotopic (exact) mass is 384 g/mol. The fourth-order valence-electron chi connectivity index (χ4n) is 2.43.